The van der Waals surface area contributed by atoms with Gasteiger partial charge in [0.2, 0.25) is 0 Å². The number of imidazole rings is 1. The first-order valence-electron chi connectivity index (χ1n) is 9.10. The van der Waals surface area contributed by atoms with Gasteiger partial charge in [-0.2, -0.15) is 5.10 Å². The highest BCUT2D eigenvalue weighted by atomic mass is 79.9. The SMILES string of the molecule is Cc1nn(C)c2c1C(c1ccc(Br)cc1F)N(c1ccc3c(c1)ncn3C)C2=O. The molecule has 1 aliphatic heterocycles. The average Bonchev–Trinajstić information content (AvgIpc) is 3.28. The number of hydrogen-bond acceptors (Lipinski definition) is 3. The molecule has 0 N–H and O–H groups in total. The molecule has 2 aromatic carbocycles. The minimum atomic E-state index is -0.597. The Hall–Kier alpha value is -3.00. The number of aryl methyl sites for hydroxylation is 3. The minimum absolute atomic E-state index is 0.203. The summed E-state index contributed by atoms with van der Waals surface area (Å²) in [4.78, 5) is 19.5. The number of halogens is 2. The van der Waals surface area contributed by atoms with E-state index in [4.69, 9.17) is 0 Å². The molecule has 3 heterocycles. The zero-order chi connectivity index (χ0) is 20.4. The minimum Gasteiger partial charge on any atom is -0.334 e. The van der Waals surface area contributed by atoms with Crippen LogP contribution in [0.4, 0.5) is 10.1 Å². The van der Waals surface area contributed by atoms with E-state index in [1.165, 1.54) is 6.07 Å². The van der Waals surface area contributed by atoms with E-state index in [0.717, 1.165) is 16.6 Å². The molecule has 5 rings (SSSR count). The third-order valence-corrected chi connectivity index (χ3v) is 5.96. The molecule has 1 atom stereocenters. The van der Waals surface area contributed by atoms with E-state index < -0.39 is 6.04 Å². The Morgan fingerprint density at radius 1 is 1.14 bits per heavy atom. The summed E-state index contributed by atoms with van der Waals surface area (Å²) in [7, 11) is 3.66. The smallest absolute Gasteiger partial charge is 0.277 e. The number of hydrogen-bond donors (Lipinski definition) is 0. The predicted molar refractivity (Wildman–Crippen MR) is 111 cm³/mol. The average molecular weight is 454 g/mol. The Morgan fingerprint density at radius 2 is 1.93 bits per heavy atom. The van der Waals surface area contributed by atoms with E-state index in [-0.39, 0.29) is 11.7 Å². The van der Waals surface area contributed by atoms with E-state index in [1.807, 2.05) is 36.7 Å². The van der Waals surface area contributed by atoms with Gasteiger partial charge in [0.1, 0.15) is 11.5 Å². The van der Waals surface area contributed by atoms with Gasteiger partial charge in [0.05, 0.1) is 29.1 Å². The van der Waals surface area contributed by atoms with Gasteiger partial charge in [0.15, 0.2) is 0 Å². The summed E-state index contributed by atoms with van der Waals surface area (Å²) in [5, 5.41) is 4.41. The summed E-state index contributed by atoms with van der Waals surface area (Å²) in [5.41, 5.74) is 4.77. The van der Waals surface area contributed by atoms with Crippen LogP contribution in [0, 0.1) is 12.7 Å². The first-order chi connectivity index (χ1) is 13.9. The van der Waals surface area contributed by atoms with Crippen LogP contribution >= 0.6 is 15.9 Å². The van der Waals surface area contributed by atoms with Gasteiger partial charge in [-0.25, -0.2) is 9.37 Å². The Morgan fingerprint density at radius 3 is 2.69 bits per heavy atom. The van der Waals surface area contributed by atoms with Crippen molar-refractivity contribution in [3.05, 3.63) is 75.5 Å². The van der Waals surface area contributed by atoms with Crippen LogP contribution in [0.15, 0.2) is 47.2 Å². The van der Waals surface area contributed by atoms with Crippen molar-refractivity contribution < 1.29 is 9.18 Å². The number of carbonyl (C=O) groups excluding carboxylic acids is 1. The molecular weight excluding hydrogens is 437 g/mol. The van der Waals surface area contributed by atoms with Crippen LogP contribution in [0.25, 0.3) is 11.0 Å². The molecule has 29 heavy (non-hydrogen) atoms. The lowest BCUT2D eigenvalue weighted by molar-refractivity contribution is 0.0984. The first-order valence-corrected chi connectivity index (χ1v) is 9.89. The van der Waals surface area contributed by atoms with E-state index >= 15 is 0 Å². The third kappa shape index (κ3) is 2.55. The number of anilines is 1. The molecule has 0 fully saturated rings. The van der Waals surface area contributed by atoms with Crippen molar-refractivity contribution in [3.63, 3.8) is 0 Å². The van der Waals surface area contributed by atoms with E-state index in [0.29, 0.717) is 27.1 Å². The lowest BCUT2D eigenvalue weighted by Gasteiger charge is -2.26. The first kappa shape index (κ1) is 18.1. The summed E-state index contributed by atoms with van der Waals surface area (Å²) in [5.74, 6) is -0.581. The Bertz CT molecular complexity index is 1310. The number of carbonyl (C=O) groups is 1. The number of aromatic nitrogens is 4. The van der Waals surface area contributed by atoms with Crippen LogP contribution in [0.1, 0.15) is 33.4 Å². The number of amides is 1. The van der Waals surface area contributed by atoms with E-state index in [9.17, 15) is 9.18 Å². The molecule has 0 bridgehead atoms. The summed E-state index contributed by atoms with van der Waals surface area (Å²) in [6, 6.07) is 9.99. The van der Waals surface area contributed by atoms with Gasteiger partial charge in [0, 0.05) is 35.4 Å². The fourth-order valence-corrected chi connectivity index (χ4v) is 4.51. The number of fused-ring (bicyclic) bond motifs is 2. The van der Waals surface area contributed by atoms with Crippen molar-refractivity contribution in [3.8, 4) is 0 Å². The largest absolute Gasteiger partial charge is 0.334 e. The highest BCUT2D eigenvalue weighted by Crippen LogP contribution is 2.44. The molecule has 0 spiro atoms. The highest BCUT2D eigenvalue weighted by Gasteiger charge is 2.44. The maximum atomic E-state index is 15.0. The van der Waals surface area contributed by atoms with Crippen molar-refractivity contribution in [1.29, 1.82) is 0 Å². The number of benzene rings is 2. The van der Waals surface area contributed by atoms with Crippen LogP contribution in [0.3, 0.4) is 0 Å². The van der Waals surface area contributed by atoms with Crippen LogP contribution in [-0.2, 0) is 14.1 Å². The fraction of sp³-hybridized carbons (Fsp3) is 0.190. The van der Waals surface area contributed by atoms with Crippen molar-refractivity contribution in [1.82, 2.24) is 19.3 Å². The predicted octanol–water partition coefficient (Wildman–Crippen LogP) is 4.27. The van der Waals surface area contributed by atoms with Crippen molar-refractivity contribution in [2.75, 3.05) is 4.90 Å². The number of nitrogens with zero attached hydrogens (tertiary/aromatic N) is 5. The molecule has 8 heteroatoms. The second-order valence-corrected chi connectivity index (χ2v) is 8.16. The van der Waals surface area contributed by atoms with Crippen LogP contribution in [0.5, 0.6) is 0 Å². The molecule has 146 valence electrons. The van der Waals surface area contributed by atoms with Crippen LogP contribution < -0.4 is 4.90 Å². The summed E-state index contributed by atoms with van der Waals surface area (Å²) >= 11 is 3.31. The van der Waals surface area contributed by atoms with Crippen molar-refractivity contribution in [2.45, 2.75) is 13.0 Å². The summed E-state index contributed by atoms with van der Waals surface area (Å²) in [6.07, 6.45) is 1.73. The van der Waals surface area contributed by atoms with Crippen molar-refractivity contribution in [2.24, 2.45) is 14.1 Å². The topological polar surface area (TPSA) is 56.0 Å². The molecular formula is C21H17BrFN5O. The molecule has 4 aromatic rings. The Kier molecular flexibility index (Phi) is 3.89. The molecule has 1 aliphatic rings. The van der Waals surface area contributed by atoms with Gasteiger partial charge < -0.3 is 4.57 Å². The Balaban J connectivity index is 1.75. The van der Waals surface area contributed by atoms with Gasteiger partial charge >= 0.3 is 0 Å². The third-order valence-electron chi connectivity index (χ3n) is 5.47. The zero-order valence-electron chi connectivity index (χ0n) is 16.0. The molecule has 1 unspecified atom stereocenters. The van der Waals surface area contributed by atoms with Gasteiger partial charge in [-0.15, -0.1) is 0 Å². The molecule has 6 nitrogen and oxygen atoms in total. The molecule has 0 radical (unpaired) electrons. The van der Waals surface area contributed by atoms with E-state index in [2.05, 4.69) is 26.0 Å². The fourth-order valence-electron chi connectivity index (χ4n) is 4.17. The maximum Gasteiger partial charge on any atom is 0.277 e. The summed E-state index contributed by atoms with van der Waals surface area (Å²) < 4.78 is 19.1. The molecule has 1 amide bonds. The van der Waals surface area contributed by atoms with E-state index in [1.54, 1.807) is 35.1 Å². The summed E-state index contributed by atoms with van der Waals surface area (Å²) in [6.45, 7) is 1.85. The Labute approximate surface area is 174 Å². The maximum absolute atomic E-state index is 15.0. The second-order valence-electron chi connectivity index (χ2n) is 7.24. The van der Waals surface area contributed by atoms with Gasteiger partial charge in [0.25, 0.3) is 5.91 Å². The molecule has 0 saturated heterocycles. The molecule has 2 aromatic heterocycles. The standard InChI is InChI=1S/C21H17BrFN5O/c1-11-18-19(14-6-4-12(22)8-15(14)23)28(21(29)20(18)27(3)25-11)13-5-7-17-16(9-13)24-10-26(17)2/h4-10,19H,1-3H3. The highest BCUT2D eigenvalue weighted by molar-refractivity contribution is 9.10. The number of rotatable bonds is 2. The van der Waals surface area contributed by atoms with Gasteiger partial charge in [-0.1, -0.05) is 22.0 Å². The molecule has 0 saturated carbocycles. The van der Waals surface area contributed by atoms with Gasteiger partial charge in [-0.05, 0) is 37.3 Å². The zero-order valence-corrected chi connectivity index (χ0v) is 17.6. The monoisotopic (exact) mass is 453 g/mol. The van der Waals surface area contributed by atoms with Crippen molar-refractivity contribution >= 4 is 38.6 Å². The van der Waals surface area contributed by atoms with Crippen LogP contribution in [-0.4, -0.2) is 25.2 Å². The lowest BCUT2D eigenvalue weighted by Crippen LogP contribution is -2.30. The second kappa shape index (κ2) is 6.25. The molecule has 0 aliphatic carbocycles. The normalized spacial score (nSPS) is 16.1. The lowest BCUT2D eigenvalue weighted by atomic mass is 9.98. The van der Waals surface area contributed by atoms with Crippen LogP contribution in [0.2, 0.25) is 0 Å². The van der Waals surface area contributed by atoms with Gasteiger partial charge in [-0.3, -0.25) is 14.4 Å². The quantitative estimate of drug-likeness (QED) is 0.455.